The molecule has 1 rings (SSSR count). The third-order valence-electron chi connectivity index (χ3n) is 8.53. The number of aliphatic hydroxyl groups is 5. The molecule has 0 spiro atoms. The van der Waals surface area contributed by atoms with Gasteiger partial charge in [0.15, 0.2) is 18.6 Å². The molecular formula is C50H51NO11S. The predicted molar refractivity (Wildman–Crippen MR) is 239 cm³/mol. The van der Waals surface area contributed by atoms with E-state index in [1.807, 2.05) is 0 Å². The van der Waals surface area contributed by atoms with Crippen molar-refractivity contribution in [3.05, 3.63) is 0 Å². The number of hydrogen-bond acceptors (Lipinski definition) is 12. The largest absolute Gasteiger partial charge is 0.394 e. The minimum atomic E-state index is -1.67. The first-order chi connectivity index (χ1) is 30.8. The number of carbonyl (C=O) groups is 1. The lowest BCUT2D eigenvalue weighted by molar-refractivity contribution is -0.299. The van der Waals surface area contributed by atoms with Crippen LogP contribution in [0, 0.1) is 142 Å². The molecule has 63 heavy (non-hydrogen) atoms. The first-order valence-corrected chi connectivity index (χ1v) is 20.9. The van der Waals surface area contributed by atoms with E-state index < -0.39 is 68.1 Å². The maximum atomic E-state index is 12.8. The molecule has 0 bridgehead atoms. The standard InChI is InChI=1S/C50H51NO11S/c1-3-5-7-9-11-13-15-17-18-19-20-21-22-23-24-25-26-27-29-31-33-35-37-39-45(54)51-42(41-59-50-48(57)49(61-63-62-58)47(56)44(40-52)60-50)46(55)43(53)38-36-34-32-30-28-16-14-12-10-8-6-4-2/h42-44,46-50,52-53,55-58H,4,6,8,10,12,14,16,28,30,32,34,36,38,40-41H2,1-2H3,(H,51,54)/t42-,43+,44?,46-,47?,48?,49?,50?/m0/s1. The molecule has 0 aliphatic carbocycles. The summed E-state index contributed by atoms with van der Waals surface area (Å²) in [4.78, 5) is 12.8. The van der Waals surface area contributed by atoms with E-state index in [9.17, 15) is 30.3 Å². The Bertz CT molecular complexity index is 2210. The van der Waals surface area contributed by atoms with Gasteiger partial charge in [-0.1, -0.05) is 89.9 Å². The summed E-state index contributed by atoms with van der Waals surface area (Å²) in [5.41, 5.74) is 0. The van der Waals surface area contributed by atoms with Crippen molar-refractivity contribution in [2.24, 2.45) is 0 Å². The van der Waals surface area contributed by atoms with Crippen molar-refractivity contribution in [1.82, 2.24) is 5.32 Å². The minimum absolute atomic E-state index is 0.0668. The molecular weight excluding hydrogens is 823 g/mol. The van der Waals surface area contributed by atoms with Crippen LogP contribution in [-0.4, -0.2) is 98.9 Å². The van der Waals surface area contributed by atoms with E-state index in [4.69, 9.17) is 18.9 Å². The summed E-state index contributed by atoms with van der Waals surface area (Å²) in [6.07, 6.45) is 3.55. The van der Waals surface area contributed by atoms with Crippen LogP contribution in [0.4, 0.5) is 0 Å². The van der Waals surface area contributed by atoms with Gasteiger partial charge in [-0.2, -0.15) is 0 Å². The third kappa shape index (κ3) is 28.4. The quantitative estimate of drug-likeness (QED) is 0.0262. The zero-order chi connectivity index (χ0) is 46.0. The van der Waals surface area contributed by atoms with Crippen molar-refractivity contribution in [2.75, 3.05) is 13.2 Å². The molecule has 7 N–H and O–H groups in total. The van der Waals surface area contributed by atoms with Gasteiger partial charge in [0.1, 0.15) is 30.5 Å². The molecule has 0 radical (unpaired) electrons. The number of amides is 1. The van der Waals surface area contributed by atoms with Crippen LogP contribution in [0.15, 0.2) is 0 Å². The van der Waals surface area contributed by atoms with Crippen molar-refractivity contribution in [1.29, 1.82) is 0 Å². The number of rotatable bonds is 23. The Morgan fingerprint density at radius 3 is 1.51 bits per heavy atom. The molecule has 1 heterocycles. The van der Waals surface area contributed by atoms with E-state index in [1.54, 1.807) is 6.92 Å². The summed E-state index contributed by atoms with van der Waals surface area (Å²) in [6.45, 7) is 2.68. The van der Waals surface area contributed by atoms with E-state index in [0.29, 0.717) is 6.42 Å². The average Bonchev–Trinajstić information content (AvgIpc) is 3.28. The second kappa shape index (κ2) is 39.0. The highest BCUT2D eigenvalue weighted by molar-refractivity contribution is 7.89. The molecule has 1 aliphatic heterocycles. The van der Waals surface area contributed by atoms with Gasteiger partial charge in [0, 0.05) is 41.4 Å². The van der Waals surface area contributed by atoms with Gasteiger partial charge in [-0.15, -0.1) is 4.33 Å². The fourth-order valence-electron chi connectivity index (χ4n) is 5.40. The third-order valence-corrected chi connectivity index (χ3v) is 8.89. The van der Waals surface area contributed by atoms with Gasteiger partial charge in [0.2, 0.25) is 0 Å². The molecule has 1 saturated heterocycles. The fourth-order valence-corrected chi connectivity index (χ4v) is 5.76. The molecule has 12 nitrogen and oxygen atoms in total. The van der Waals surface area contributed by atoms with Crippen LogP contribution in [0.25, 0.3) is 0 Å². The highest BCUT2D eigenvalue weighted by Crippen LogP contribution is 2.27. The SMILES string of the molecule is CC#CC#CC#CC#CC#CC#CC#CC#CC#CC#CC#CC#CC(=O)N[C@@H](COC1OC(CO)C(O)C(OSOO)C1O)[C@H](O)[C@H](O)CCCCCCCCCCCCCC. The van der Waals surface area contributed by atoms with Crippen molar-refractivity contribution >= 4 is 18.2 Å². The van der Waals surface area contributed by atoms with Crippen LogP contribution in [0.3, 0.4) is 0 Å². The second-order valence-corrected chi connectivity index (χ2v) is 13.7. The zero-order valence-electron chi connectivity index (χ0n) is 35.4. The van der Waals surface area contributed by atoms with Crippen LogP contribution >= 0.6 is 12.3 Å². The monoisotopic (exact) mass is 873 g/mol. The molecule has 1 fully saturated rings. The van der Waals surface area contributed by atoms with Gasteiger partial charge in [-0.05, 0) is 108 Å². The summed E-state index contributed by atoms with van der Waals surface area (Å²) in [5.74, 6) is 58.4. The Morgan fingerprint density at radius 2 is 1.08 bits per heavy atom. The summed E-state index contributed by atoms with van der Waals surface area (Å²) in [6, 6.07) is -1.26. The average molecular weight is 874 g/mol. The molecule has 0 aromatic carbocycles. The zero-order valence-corrected chi connectivity index (χ0v) is 36.2. The molecule has 0 saturated carbocycles. The second-order valence-electron chi connectivity index (χ2n) is 13.2. The van der Waals surface area contributed by atoms with Gasteiger partial charge >= 0.3 is 0 Å². The fraction of sp³-hybridized carbons (Fsp3) is 0.500. The topological polar surface area (TPSA) is 187 Å². The molecule has 1 aliphatic rings. The Morgan fingerprint density at radius 1 is 0.651 bits per heavy atom. The maximum Gasteiger partial charge on any atom is 0.297 e. The summed E-state index contributed by atoms with van der Waals surface area (Å²) < 4.78 is 20.0. The molecule has 13 heteroatoms. The Kier molecular flexibility index (Phi) is 34.2. The maximum absolute atomic E-state index is 12.8. The highest BCUT2D eigenvalue weighted by Gasteiger charge is 2.47. The number of carbonyl (C=O) groups excluding carboxylic acids is 1. The Labute approximate surface area is 377 Å². The summed E-state index contributed by atoms with van der Waals surface area (Å²) in [7, 11) is 0. The smallest absolute Gasteiger partial charge is 0.297 e. The van der Waals surface area contributed by atoms with Crippen LogP contribution < -0.4 is 5.32 Å². The molecule has 0 aromatic heterocycles. The summed E-state index contributed by atoms with van der Waals surface area (Å²) in [5, 5.41) is 64.0. The molecule has 0 aromatic rings. The number of hydrogen-bond donors (Lipinski definition) is 7. The molecule has 5 unspecified atom stereocenters. The van der Waals surface area contributed by atoms with E-state index in [2.05, 4.69) is 159 Å². The number of nitrogens with one attached hydrogen (secondary N) is 1. The van der Waals surface area contributed by atoms with Crippen molar-refractivity contribution in [3.63, 3.8) is 0 Å². The van der Waals surface area contributed by atoms with Gasteiger partial charge < -0.3 is 40.3 Å². The van der Waals surface area contributed by atoms with Gasteiger partial charge in [0.05, 0.1) is 25.4 Å². The Hall–Kier alpha value is -5.86. The van der Waals surface area contributed by atoms with Crippen LogP contribution in [0.1, 0.15) is 97.3 Å². The van der Waals surface area contributed by atoms with E-state index in [1.165, 1.54) is 44.9 Å². The summed E-state index contributed by atoms with van der Waals surface area (Å²) >= 11 is 0.0668. The van der Waals surface area contributed by atoms with Crippen LogP contribution in [0.5, 0.6) is 0 Å². The number of ether oxygens (including phenoxy) is 2. The number of unbranched alkanes of at least 4 members (excludes halogenated alkanes) is 11. The Balaban J connectivity index is 2.83. The van der Waals surface area contributed by atoms with Gasteiger partial charge in [-0.3, -0.25) is 8.98 Å². The number of aliphatic hydroxyl groups excluding tert-OH is 5. The highest BCUT2D eigenvalue weighted by atomic mass is 32.2. The van der Waals surface area contributed by atoms with E-state index >= 15 is 0 Å². The van der Waals surface area contributed by atoms with Gasteiger partial charge in [0.25, 0.3) is 5.91 Å². The van der Waals surface area contributed by atoms with E-state index in [-0.39, 0.29) is 18.7 Å². The molecule has 1 amide bonds. The molecule has 328 valence electrons. The first-order valence-electron chi connectivity index (χ1n) is 20.3. The van der Waals surface area contributed by atoms with Crippen LogP contribution in [0.2, 0.25) is 0 Å². The van der Waals surface area contributed by atoms with Crippen molar-refractivity contribution in [3.8, 4) is 142 Å². The van der Waals surface area contributed by atoms with Crippen molar-refractivity contribution < 1.29 is 53.6 Å². The lowest BCUT2D eigenvalue weighted by Gasteiger charge is -2.41. The van der Waals surface area contributed by atoms with Gasteiger partial charge in [-0.25, -0.2) is 5.26 Å². The lowest BCUT2D eigenvalue weighted by atomic mass is 9.98. The van der Waals surface area contributed by atoms with E-state index in [0.717, 1.165) is 25.7 Å². The van der Waals surface area contributed by atoms with Crippen molar-refractivity contribution in [2.45, 2.75) is 146 Å². The molecule has 8 atom stereocenters. The van der Waals surface area contributed by atoms with Crippen LogP contribution in [-0.2, 0) is 22.8 Å². The first kappa shape index (κ1) is 55.2. The minimum Gasteiger partial charge on any atom is -0.394 e. The normalized spacial score (nSPS) is 17.5. The predicted octanol–water partition coefficient (Wildman–Crippen LogP) is 2.24. The lowest BCUT2D eigenvalue weighted by Crippen LogP contribution is -2.60.